The van der Waals surface area contributed by atoms with Gasteiger partial charge < -0.3 is 10.3 Å². The second-order valence-corrected chi connectivity index (χ2v) is 6.22. The molecule has 4 heteroatoms. The standard InChI is InChI=1S/C15H24N4/c1-5-8-19-12-6-7-17-10-11(12)18-14(19)9-13(16)15(2,3)4/h6-7,10,13H,5,8-9,16H2,1-4H3. The Bertz CT molecular complexity index is 551. The Morgan fingerprint density at radius 3 is 2.74 bits per heavy atom. The maximum absolute atomic E-state index is 6.30. The molecule has 1 unspecified atom stereocenters. The third-order valence-corrected chi connectivity index (χ3v) is 3.59. The van der Waals surface area contributed by atoms with Crippen molar-refractivity contribution in [3.05, 3.63) is 24.3 Å². The van der Waals surface area contributed by atoms with Crippen LogP contribution in [0.5, 0.6) is 0 Å². The predicted octanol–water partition coefficient (Wildman–Crippen LogP) is 2.76. The maximum Gasteiger partial charge on any atom is 0.111 e. The van der Waals surface area contributed by atoms with Crippen molar-refractivity contribution in [2.45, 2.75) is 53.1 Å². The molecular formula is C15H24N4. The van der Waals surface area contributed by atoms with Crippen molar-refractivity contribution in [1.82, 2.24) is 14.5 Å². The van der Waals surface area contributed by atoms with E-state index in [1.54, 1.807) is 0 Å². The molecular weight excluding hydrogens is 236 g/mol. The summed E-state index contributed by atoms with van der Waals surface area (Å²) in [6.07, 6.45) is 5.54. The summed E-state index contributed by atoms with van der Waals surface area (Å²) < 4.78 is 2.28. The average Bonchev–Trinajstić information content (AvgIpc) is 2.67. The highest BCUT2D eigenvalue weighted by atomic mass is 15.1. The molecule has 0 aliphatic carbocycles. The van der Waals surface area contributed by atoms with Crippen LogP contribution in [0, 0.1) is 5.41 Å². The van der Waals surface area contributed by atoms with E-state index in [0.717, 1.165) is 36.2 Å². The smallest absolute Gasteiger partial charge is 0.111 e. The molecule has 1 atom stereocenters. The van der Waals surface area contributed by atoms with Crippen molar-refractivity contribution >= 4 is 11.0 Å². The normalized spacial score (nSPS) is 13.9. The molecule has 0 radical (unpaired) electrons. The van der Waals surface area contributed by atoms with Gasteiger partial charge in [-0.2, -0.15) is 0 Å². The van der Waals surface area contributed by atoms with Gasteiger partial charge in [-0.05, 0) is 17.9 Å². The fourth-order valence-electron chi connectivity index (χ4n) is 2.16. The number of nitrogens with two attached hydrogens (primary N) is 1. The zero-order valence-electron chi connectivity index (χ0n) is 12.3. The Labute approximate surface area is 115 Å². The molecule has 0 bridgehead atoms. The summed E-state index contributed by atoms with van der Waals surface area (Å²) in [6.45, 7) is 9.68. The summed E-state index contributed by atoms with van der Waals surface area (Å²) in [5.74, 6) is 1.08. The van der Waals surface area contributed by atoms with Gasteiger partial charge in [-0.25, -0.2) is 4.98 Å². The van der Waals surface area contributed by atoms with Gasteiger partial charge >= 0.3 is 0 Å². The van der Waals surface area contributed by atoms with Crippen LogP contribution < -0.4 is 5.73 Å². The fraction of sp³-hybridized carbons (Fsp3) is 0.600. The van der Waals surface area contributed by atoms with Gasteiger partial charge in [0.25, 0.3) is 0 Å². The lowest BCUT2D eigenvalue weighted by Gasteiger charge is -2.27. The number of imidazole rings is 1. The largest absolute Gasteiger partial charge is 0.328 e. The first-order valence-electron chi connectivity index (χ1n) is 6.98. The van der Waals surface area contributed by atoms with Gasteiger partial charge in [0, 0.05) is 25.2 Å². The molecule has 0 spiro atoms. The van der Waals surface area contributed by atoms with Crippen LogP contribution in [0.15, 0.2) is 18.5 Å². The lowest BCUT2D eigenvalue weighted by atomic mass is 9.85. The van der Waals surface area contributed by atoms with Crippen molar-refractivity contribution in [2.24, 2.45) is 11.1 Å². The molecule has 4 nitrogen and oxygen atoms in total. The van der Waals surface area contributed by atoms with E-state index in [0.29, 0.717) is 0 Å². The summed E-state index contributed by atoms with van der Waals surface area (Å²) in [7, 11) is 0. The van der Waals surface area contributed by atoms with Gasteiger partial charge in [-0.15, -0.1) is 0 Å². The summed E-state index contributed by atoms with van der Waals surface area (Å²) in [4.78, 5) is 8.85. The molecule has 2 aromatic heterocycles. The summed E-state index contributed by atoms with van der Waals surface area (Å²) >= 11 is 0. The average molecular weight is 260 g/mol. The first-order valence-corrected chi connectivity index (χ1v) is 6.98. The van der Waals surface area contributed by atoms with E-state index in [2.05, 4.69) is 37.2 Å². The van der Waals surface area contributed by atoms with Crippen LogP contribution in [-0.2, 0) is 13.0 Å². The fourth-order valence-corrected chi connectivity index (χ4v) is 2.16. The van der Waals surface area contributed by atoms with Gasteiger partial charge in [0.2, 0.25) is 0 Å². The van der Waals surface area contributed by atoms with Crippen LogP contribution in [0.3, 0.4) is 0 Å². The molecule has 2 heterocycles. The molecule has 0 aromatic carbocycles. The summed E-state index contributed by atoms with van der Waals surface area (Å²) in [6, 6.07) is 2.14. The van der Waals surface area contributed by atoms with E-state index >= 15 is 0 Å². The van der Waals surface area contributed by atoms with Crippen LogP contribution in [0.1, 0.15) is 39.9 Å². The number of aromatic nitrogens is 3. The monoisotopic (exact) mass is 260 g/mol. The van der Waals surface area contributed by atoms with Crippen LogP contribution in [0.4, 0.5) is 0 Å². The SMILES string of the molecule is CCCn1c(CC(N)C(C)(C)C)nc2cnccc21. The Kier molecular flexibility index (Phi) is 3.90. The molecule has 2 N–H and O–H groups in total. The minimum Gasteiger partial charge on any atom is -0.328 e. The number of aryl methyl sites for hydroxylation is 1. The van der Waals surface area contributed by atoms with Crippen molar-refractivity contribution < 1.29 is 0 Å². The molecule has 2 aromatic rings. The van der Waals surface area contributed by atoms with Gasteiger partial charge in [0.1, 0.15) is 11.3 Å². The zero-order chi connectivity index (χ0) is 14.0. The van der Waals surface area contributed by atoms with Gasteiger partial charge in [0.05, 0.1) is 11.7 Å². The topological polar surface area (TPSA) is 56.7 Å². The van der Waals surface area contributed by atoms with Crippen molar-refractivity contribution in [3.63, 3.8) is 0 Å². The van der Waals surface area contributed by atoms with E-state index in [1.165, 1.54) is 0 Å². The van der Waals surface area contributed by atoms with Gasteiger partial charge in [-0.3, -0.25) is 4.98 Å². The second kappa shape index (κ2) is 5.29. The first-order chi connectivity index (χ1) is 8.93. The summed E-state index contributed by atoms with van der Waals surface area (Å²) in [5, 5.41) is 0. The highest BCUT2D eigenvalue weighted by Gasteiger charge is 2.23. The molecule has 0 aliphatic rings. The van der Waals surface area contributed by atoms with Crippen LogP contribution >= 0.6 is 0 Å². The van der Waals surface area contributed by atoms with Gasteiger partial charge in [-0.1, -0.05) is 27.7 Å². The third-order valence-electron chi connectivity index (χ3n) is 3.59. The maximum atomic E-state index is 6.30. The van der Waals surface area contributed by atoms with Crippen LogP contribution in [0.2, 0.25) is 0 Å². The second-order valence-electron chi connectivity index (χ2n) is 6.22. The zero-order valence-corrected chi connectivity index (χ0v) is 12.3. The molecule has 19 heavy (non-hydrogen) atoms. The third kappa shape index (κ3) is 2.95. The number of fused-ring (bicyclic) bond motifs is 1. The minimum absolute atomic E-state index is 0.0907. The van der Waals surface area contributed by atoms with E-state index in [1.807, 2.05) is 18.5 Å². The molecule has 0 fully saturated rings. The van der Waals surface area contributed by atoms with E-state index in [-0.39, 0.29) is 11.5 Å². The van der Waals surface area contributed by atoms with Crippen molar-refractivity contribution in [1.29, 1.82) is 0 Å². The van der Waals surface area contributed by atoms with E-state index in [4.69, 9.17) is 10.7 Å². The number of pyridine rings is 1. The van der Waals surface area contributed by atoms with Gasteiger partial charge in [0.15, 0.2) is 0 Å². The highest BCUT2D eigenvalue weighted by molar-refractivity contribution is 5.74. The molecule has 2 rings (SSSR count). The van der Waals surface area contributed by atoms with Crippen LogP contribution in [0.25, 0.3) is 11.0 Å². The highest BCUT2D eigenvalue weighted by Crippen LogP contribution is 2.23. The lowest BCUT2D eigenvalue weighted by Crippen LogP contribution is -2.37. The van der Waals surface area contributed by atoms with Crippen molar-refractivity contribution in [3.8, 4) is 0 Å². The predicted molar refractivity (Wildman–Crippen MR) is 79.0 cm³/mol. The number of hydrogen-bond acceptors (Lipinski definition) is 3. The number of rotatable bonds is 4. The molecule has 104 valence electrons. The number of nitrogens with zero attached hydrogens (tertiary/aromatic N) is 3. The quantitative estimate of drug-likeness (QED) is 0.919. The molecule has 0 saturated heterocycles. The lowest BCUT2D eigenvalue weighted by molar-refractivity contribution is 0.312. The van der Waals surface area contributed by atoms with E-state index < -0.39 is 0 Å². The Hall–Kier alpha value is -1.42. The number of hydrogen-bond donors (Lipinski definition) is 1. The first kappa shape index (κ1) is 14.0. The van der Waals surface area contributed by atoms with E-state index in [9.17, 15) is 0 Å². The molecule has 0 aliphatic heterocycles. The molecule has 0 saturated carbocycles. The van der Waals surface area contributed by atoms with Crippen LogP contribution in [-0.4, -0.2) is 20.6 Å². The van der Waals surface area contributed by atoms with Crippen molar-refractivity contribution in [2.75, 3.05) is 0 Å². The minimum atomic E-state index is 0.0907. The Morgan fingerprint density at radius 2 is 2.11 bits per heavy atom. The Morgan fingerprint density at radius 1 is 1.37 bits per heavy atom. The Balaban J connectivity index is 2.39. The summed E-state index contributed by atoms with van der Waals surface area (Å²) in [5.41, 5.74) is 8.52. The molecule has 0 amide bonds.